The van der Waals surface area contributed by atoms with E-state index >= 15 is 0 Å². The summed E-state index contributed by atoms with van der Waals surface area (Å²) in [5.41, 5.74) is 2.99. The lowest BCUT2D eigenvalue weighted by atomic mass is 9.63. The molecule has 0 aromatic heterocycles. The van der Waals surface area contributed by atoms with Crippen LogP contribution in [-0.2, 0) is 36.3 Å². The van der Waals surface area contributed by atoms with Crippen LogP contribution in [0.2, 0.25) is 5.02 Å². The molecule has 8 atom stereocenters. The number of allylic oxidation sites excluding steroid dienone is 1. The van der Waals surface area contributed by atoms with Crippen LogP contribution in [-0.4, -0.2) is 134 Å². The lowest BCUT2D eigenvalue weighted by Gasteiger charge is -2.53. The lowest BCUT2D eigenvalue weighted by molar-refractivity contribution is -0.101. The van der Waals surface area contributed by atoms with Gasteiger partial charge in [0.1, 0.15) is 11.4 Å². The highest BCUT2D eigenvalue weighted by molar-refractivity contribution is 7.99. The molecular weight excluding hydrogens is 782 g/mol. The number of piperazine rings is 2. The number of methoxy groups -OCH3 is 1. The van der Waals surface area contributed by atoms with Crippen LogP contribution in [0, 0.1) is 17.8 Å². The number of halogens is 1. The summed E-state index contributed by atoms with van der Waals surface area (Å²) < 4.78 is 57.2. The molecule has 14 heteroatoms. The molecular formula is C43H60ClN5O6S2. The molecule has 2 bridgehead atoms. The third kappa shape index (κ3) is 8.03. The van der Waals surface area contributed by atoms with Gasteiger partial charge in [0.05, 0.1) is 28.3 Å². The molecule has 1 amide bonds. The van der Waals surface area contributed by atoms with Gasteiger partial charge in [-0.25, -0.2) is 12.6 Å². The van der Waals surface area contributed by atoms with Crippen LogP contribution in [0.25, 0.3) is 0 Å². The predicted octanol–water partition coefficient (Wildman–Crippen LogP) is 4.83. The first-order valence-electron chi connectivity index (χ1n) is 20.7. The van der Waals surface area contributed by atoms with Crippen LogP contribution in [0.1, 0.15) is 67.4 Å². The van der Waals surface area contributed by atoms with Gasteiger partial charge in [0.2, 0.25) is 10.0 Å². The molecule has 3 fully saturated rings. The summed E-state index contributed by atoms with van der Waals surface area (Å²) in [4.78, 5) is 21.3. The zero-order valence-electron chi connectivity index (χ0n) is 34.0. The monoisotopic (exact) mass is 841 g/mol. The number of hydrogen-bond acceptors (Lipinski definition) is 9. The number of ether oxygens (including phenoxy) is 2. The molecule has 6 aliphatic rings. The summed E-state index contributed by atoms with van der Waals surface area (Å²) in [7, 11) is -4.44. The van der Waals surface area contributed by atoms with E-state index in [-0.39, 0.29) is 28.5 Å². The van der Waals surface area contributed by atoms with Crippen LogP contribution >= 0.6 is 11.6 Å². The second-order valence-corrected chi connectivity index (χ2v) is 22.7. The normalized spacial score (nSPS) is 36.1. The molecule has 1 saturated carbocycles. The minimum Gasteiger partial charge on any atom is -0.490 e. The molecule has 2 aliphatic carbocycles. The van der Waals surface area contributed by atoms with E-state index in [4.69, 9.17) is 21.1 Å². The Morgan fingerprint density at radius 3 is 2.63 bits per heavy atom. The Labute approximate surface area is 345 Å². The van der Waals surface area contributed by atoms with Gasteiger partial charge in [0, 0.05) is 93.3 Å². The molecule has 11 nitrogen and oxygen atoms in total. The molecule has 0 radical (unpaired) electrons. The van der Waals surface area contributed by atoms with E-state index in [9.17, 15) is 17.4 Å². The molecule has 2 aromatic rings. The van der Waals surface area contributed by atoms with Gasteiger partial charge in [-0.15, -0.1) is 0 Å². The number of aryl methyl sites for hydroxylation is 1. The van der Waals surface area contributed by atoms with Gasteiger partial charge in [-0.1, -0.05) is 36.7 Å². The quantitative estimate of drug-likeness (QED) is 0.342. The molecule has 2 saturated heterocycles. The van der Waals surface area contributed by atoms with Gasteiger partial charge in [0.25, 0.3) is 5.91 Å². The maximum Gasteiger partial charge on any atom is 0.262 e. The predicted molar refractivity (Wildman–Crippen MR) is 230 cm³/mol. The number of carbonyl (C=O) groups excluding carboxylic acids is 1. The summed E-state index contributed by atoms with van der Waals surface area (Å²) in [6.45, 7) is 11.0. The van der Waals surface area contributed by atoms with Crippen molar-refractivity contribution >= 4 is 48.8 Å². The molecule has 4 heterocycles. The zero-order chi connectivity index (χ0) is 40.3. The average molecular weight is 843 g/mol. The van der Waals surface area contributed by atoms with Gasteiger partial charge in [-0.05, 0) is 111 Å². The largest absolute Gasteiger partial charge is 0.490 e. The molecule has 1 spiro atoms. The van der Waals surface area contributed by atoms with E-state index in [1.807, 2.05) is 32.2 Å². The van der Waals surface area contributed by atoms with E-state index in [0.717, 1.165) is 87.8 Å². The first-order chi connectivity index (χ1) is 27.1. The number of fused-ring (bicyclic) bond motifs is 5. The van der Waals surface area contributed by atoms with Crippen molar-refractivity contribution in [2.45, 2.75) is 74.7 Å². The van der Waals surface area contributed by atoms with Crippen molar-refractivity contribution in [3.8, 4) is 5.75 Å². The average Bonchev–Trinajstić information content (AvgIpc) is 3.31. The van der Waals surface area contributed by atoms with Crippen molar-refractivity contribution in [1.82, 2.24) is 18.8 Å². The van der Waals surface area contributed by atoms with E-state index in [1.165, 1.54) is 17.4 Å². The summed E-state index contributed by atoms with van der Waals surface area (Å²) in [5, 5.41) is 0.360. The number of amides is 1. The van der Waals surface area contributed by atoms with E-state index < -0.39 is 31.2 Å². The second kappa shape index (κ2) is 15.7. The van der Waals surface area contributed by atoms with Crippen LogP contribution in [0.3, 0.4) is 0 Å². The number of anilines is 1. The van der Waals surface area contributed by atoms with Gasteiger partial charge in [-0.2, -0.15) is 4.31 Å². The van der Waals surface area contributed by atoms with Gasteiger partial charge in [-0.3, -0.25) is 19.3 Å². The zero-order valence-corrected chi connectivity index (χ0v) is 36.3. The molecule has 4 aliphatic heterocycles. The topological polar surface area (TPSA) is 112 Å². The Bertz CT molecular complexity index is 2120. The van der Waals surface area contributed by atoms with Crippen molar-refractivity contribution in [2.24, 2.45) is 17.8 Å². The number of nitrogens with zero attached hydrogens (tertiary/aromatic N) is 4. The van der Waals surface area contributed by atoms with E-state index in [1.54, 1.807) is 10.4 Å². The van der Waals surface area contributed by atoms with Crippen molar-refractivity contribution in [3.05, 3.63) is 70.3 Å². The number of benzene rings is 2. The highest BCUT2D eigenvalue weighted by atomic mass is 35.5. The van der Waals surface area contributed by atoms with Crippen molar-refractivity contribution in [3.63, 3.8) is 0 Å². The Hall–Kier alpha value is -2.65. The molecule has 8 rings (SSSR count). The van der Waals surface area contributed by atoms with Crippen LogP contribution < -0.4 is 14.4 Å². The summed E-state index contributed by atoms with van der Waals surface area (Å²) in [6, 6.07) is 12.0. The summed E-state index contributed by atoms with van der Waals surface area (Å²) in [6.07, 6.45) is 11.5. The third-order valence-corrected chi connectivity index (χ3v) is 18.1. The first-order valence-corrected chi connectivity index (χ1v) is 24.7. The number of carbonyl (C=O) groups is 1. The van der Waals surface area contributed by atoms with Crippen LogP contribution in [0.4, 0.5) is 5.69 Å². The Balaban J connectivity index is 1.17. The van der Waals surface area contributed by atoms with Crippen molar-refractivity contribution < 1.29 is 26.9 Å². The fraction of sp³-hybridized carbons (Fsp3) is 0.628. The second-order valence-electron chi connectivity index (χ2n) is 17.9. The first kappa shape index (κ1) is 41.1. The van der Waals surface area contributed by atoms with E-state index in [2.05, 4.69) is 56.5 Å². The number of nitrogens with one attached hydrogen (secondary N) is 1. The van der Waals surface area contributed by atoms with Crippen molar-refractivity contribution in [2.75, 3.05) is 83.8 Å². The minimum atomic E-state index is -3.27. The van der Waals surface area contributed by atoms with Crippen LogP contribution in [0.15, 0.2) is 48.6 Å². The van der Waals surface area contributed by atoms with Crippen molar-refractivity contribution in [1.29, 1.82) is 0 Å². The lowest BCUT2D eigenvalue weighted by Crippen LogP contribution is -2.65. The molecule has 57 heavy (non-hydrogen) atoms. The standard InChI is InChI=1S/C43H60ClN5O6S2/c1-30-8-6-17-43(54-3,28-46-18-19-47-20-21-49(57(5,52)53)26-36(47)25-46)38-13-10-34(38)24-48-27-42(16-7-9-32-22-35(44)12-14-37(32)42)29-55-40-15-11-33(23-39(40)48)41(50)45-56(4,51)31(30)2/h6,11-12,14-15,17,22-23,30-31,34,36,38H,4,7-10,13,16,18-21,24-29H2,1-3,5H3,(H,45,50,51)/b17-6+/t30-,31+,34-,36-,38+,42-,43-,56?/m0/s1. The molecule has 1 N–H and O–H groups in total. The van der Waals surface area contributed by atoms with Gasteiger partial charge in [0.15, 0.2) is 0 Å². The smallest absolute Gasteiger partial charge is 0.262 e. The van der Waals surface area contributed by atoms with Gasteiger partial charge < -0.3 is 14.4 Å². The number of sulfonamides is 1. The fourth-order valence-corrected chi connectivity index (χ4v) is 13.2. The number of hydrogen-bond donors (Lipinski definition) is 1. The maximum atomic E-state index is 14.1. The Morgan fingerprint density at radius 1 is 1.07 bits per heavy atom. The maximum absolute atomic E-state index is 14.1. The molecule has 1 unspecified atom stereocenters. The summed E-state index contributed by atoms with van der Waals surface area (Å²) >= 11 is 6.53. The highest BCUT2D eigenvalue weighted by Gasteiger charge is 2.50. The van der Waals surface area contributed by atoms with Crippen LogP contribution in [0.5, 0.6) is 5.75 Å². The summed E-state index contributed by atoms with van der Waals surface area (Å²) in [5.74, 6) is 4.89. The Morgan fingerprint density at radius 2 is 1.88 bits per heavy atom. The molecule has 2 aromatic carbocycles. The SMILES string of the molecule is C=S1(=O)NC(=O)c2ccc3c(c2)N(C[C@@H]2CC[C@H]2[C@](CN2CCN4CCN(S(C)(=O)=O)C[C@@H]4C2)(OC)/C=C/C[C@H](C)[C@H]1C)C[C@@]1(CCCc2cc(Cl)ccc21)CO3. The third-order valence-electron chi connectivity index (χ3n) is 14.4. The minimum absolute atomic E-state index is 0.0284. The molecule has 312 valence electrons. The van der Waals surface area contributed by atoms with Gasteiger partial charge >= 0.3 is 0 Å². The number of rotatable bonds is 4. The fourth-order valence-electron chi connectivity index (χ4n) is 10.7. The van der Waals surface area contributed by atoms with E-state index in [0.29, 0.717) is 44.1 Å². The Kier molecular flexibility index (Phi) is 11.4. The highest BCUT2D eigenvalue weighted by Crippen LogP contribution is 2.49.